The van der Waals surface area contributed by atoms with Crippen molar-refractivity contribution in [2.45, 2.75) is 19.3 Å². The minimum atomic E-state index is -0.124. The Morgan fingerprint density at radius 1 is 1.33 bits per heavy atom. The van der Waals surface area contributed by atoms with Gasteiger partial charge in [0.05, 0.1) is 19.8 Å². The van der Waals surface area contributed by atoms with Crippen LogP contribution in [0.2, 0.25) is 0 Å². The first-order valence-electron chi connectivity index (χ1n) is 6.35. The number of halogens is 1. The zero-order valence-corrected chi connectivity index (χ0v) is 11.8. The topological polar surface area (TPSA) is 38.7 Å². The maximum atomic E-state index is 9.66. The summed E-state index contributed by atoms with van der Waals surface area (Å²) in [5, 5.41) is 9.66. The van der Waals surface area contributed by atoms with E-state index in [-0.39, 0.29) is 12.0 Å². The molecule has 1 saturated heterocycles. The molecule has 1 atom stereocenters. The molecule has 4 heteroatoms. The molecule has 3 nitrogen and oxygen atoms in total. The minimum Gasteiger partial charge on any atom is -0.493 e. The SMILES string of the molecule is OCC1(Cc2cc(Br)cc3c2OCC3)CCOC1. The first-order chi connectivity index (χ1) is 8.72. The summed E-state index contributed by atoms with van der Waals surface area (Å²) in [4.78, 5) is 0. The van der Waals surface area contributed by atoms with Crippen LogP contribution in [0.3, 0.4) is 0 Å². The van der Waals surface area contributed by atoms with Crippen LogP contribution in [0, 0.1) is 5.41 Å². The van der Waals surface area contributed by atoms with Crippen molar-refractivity contribution in [1.82, 2.24) is 0 Å². The fourth-order valence-electron chi connectivity index (χ4n) is 2.85. The third-order valence-electron chi connectivity index (χ3n) is 3.91. The molecule has 1 aromatic rings. The summed E-state index contributed by atoms with van der Waals surface area (Å²) in [6.07, 6.45) is 2.72. The number of aliphatic hydroxyl groups is 1. The third-order valence-corrected chi connectivity index (χ3v) is 4.37. The molecule has 0 radical (unpaired) electrons. The van der Waals surface area contributed by atoms with Crippen LogP contribution < -0.4 is 4.74 Å². The van der Waals surface area contributed by atoms with Gasteiger partial charge >= 0.3 is 0 Å². The monoisotopic (exact) mass is 312 g/mol. The second-order valence-corrected chi connectivity index (χ2v) is 6.20. The third kappa shape index (κ3) is 2.17. The average molecular weight is 313 g/mol. The predicted molar refractivity (Wildman–Crippen MR) is 72.0 cm³/mol. The van der Waals surface area contributed by atoms with Gasteiger partial charge in [-0.15, -0.1) is 0 Å². The molecule has 98 valence electrons. The number of rotatable bonds is 3. The Morgan fingerprint density at radius 2 is 2.22 bits per heavy atom. The van der Waals surface area contributed by atoms with Crippen LogP contribution in [-0.4, -0.2) is 31.5 Å². The zero-order valence-electron chi connectivity index (χ0n) is 10.2. The van der Waals surface area contributed by atoms with Gasteiger partial charge in [-0.25, -0.2) is 0 Å². The average Bonchev–Trinajstić information content (AvgIpc) is 2.98. The minimum absolute atomic E-state index is 0.124. The summed E-state index contributed by atoms with van der Waals surface area (Å²) in [5.41, 5.74) is 2.34. The van der Waals surface area contributed by atoms with E-state index < -0.39 is 0 Å². The lowest BCUT2D eigenvalue weighted by molar-refractivity contribution is 0.0930. The largest absolute Gasteiger partial charge is 0.493 e. The van der Waals surface area contributed by atoms with Crippen molar-refractivity contribution >= 4 is 15.9 Å². The first kappa shape index (κ1) is 12.5. The van der Waals surface area contributed by atoms with E-state index in [1.807, 2.05) is 0 Å². The fourth-order valence-corrected chi connectivity index (χ4v) is 3.40. The molecule has 3 rings (SSSR count). The van der Waals surface area contributed by atoms with Gasteiger partial charge in [-0.05, 0) is 36.1 Å². The molecule has 1 N–H and O–H groups in total. The van der Waals surface area contributed by atoms with Crippen molar-refractivity contribution in [3.8, 4) is 5.75 Å². The fraction of sp³-hybridized carbons (Fsp3) is 0.571. The molecule has 1 unspecified atom stereocenters. The number of benzene rings is 1. The molecule has 0 aliphatic carbocycles. The smallest absolute Gasteiger partial charge is 0.125 e. The van der Waals surface area contributed by atoms with Gasteiger partial charge in [-0.1, -0.05) is 15.9 Å². The number of aliphatic hydroxyl groups excluding tert-OH is 1. The molecule has 0 spiro atoms. The number of fused-ring (bicyclic) bond motifs is 1. The van der Waals surface area contributed by atoms with Gasteiger partial charge < -0.3 is 14.6 Å². The summed E-state index contributed by atoms with van der Waals surface area (Å²) in [7, 11) is 0. The van der Waals surface area contributed by atoms with Crippen molar-refractivity contribution < 1.29 is 14.6 Å². The van der Waals surface area contributed by atoms with Gasteiger partial charge in [0.1, 0.15) is 5.75 Å². The van der Waals surface area contributed by atoms with Crippen LogP contribution in [0.5, 0.6) is 5.75 Å². The highest BCUT2D eigenvalue weighted by Gasteiger charge is 2.36. The number of hydrogen-bond donors (Lipinski definition) is 1. The molecule has 1 aromatic carbocycles. The Kier molecular flexibility index (Phi) is 3.34. The normalized spacial score (nSPS) is 26.1. The Bertz CT molecular complexity index is 453. The Morgan fingerprint density at radius 3 is 2.94 bits per heavy atom. The summed E-state index contributed by atoms with van der Waals surface area (Å²) < 4.78 is 12.3. The van der Waals surface area contributed by atoms with Gasteiger partial charge in [0.2, 0.25) is 0 Å². The van der Waals surface area contributed by atoms with E-state index in [9.17, 15) is 5.11 Å². The van der Waals surface area contributed by atoms with Gasteiger partial charge in [0.25, 0.3) is 0 Å². The highest BCUT2D eigenvalue weighted by atomic mass is 79.9. The molecule has 18 heavy (non-hydrogen) atoms. The van der Waals surface area contributed by atoms with Gasteiger partial charge in [0, 0.05) is 22.9 Å². The number of hydrogen-bond acceptors (Lipinski definition) is 3. The Labute approximate surface area is 115 Å². The lowest BCUT2D eigenvalue weighted by Crippen LogP contribution is -2.28. The summed E-state index contributed by atoms with van der Waals surface area (Å²) >= 11 is 3.56. The van der Waals surface area contributed by atoms with Crippen molar-refractivity contribution in [3.63, 3.8) is 0 Å². The number of ether oxygens (including phenoxy) is 2. The van der Waals surface area contributed by atoms with E-state index in [1.165, 1.54) is 11.1 Å². The molecule has 0 amide bonds. The highest BCUT2D eigenvalue weighted by Crippen LogP contribution is 2.39. The molecule has 0 saturated carbocycles. The van der Waals surface area contributed by atoms with E-state index in [2.05, 4.69) is 28.1 Å². The quantitative estimate of drug-likeness (QED) is 0.931. The van der Waals surface area contributed by atoms with Crippen LogP contribution in [0.1, 0.15) is 17.5 Å². The lowest BCUT2D eigenvalue weighted by atomic mass is 9.81. The van der Waals surface area contributed by atoms with Gasteiger partial charge in [-0.2, -0.15) is 0 Å². The second-order valence-electron chi connectivity index (χ2n) is 5.29. The highest BCUT2D eigenvalue weighted by molar-refractivity contribution is 9.10. The standard InChI is InChI=1S/C14H17BrO3/c15-12-5-10-1-3-18-13(10)11(6-12)7-14(8-16)2-4-17-9-14/h5-6,16H,1-4,7-9H2. The summed E-state index contributed by atoms with van der Waals surface area (Å²) in [6.45, 7) is 2.33. The van der Waals surface area contributed by atoms with Crippen LogP contribution in [0.4, 0.5) is 0 Å². The van der Waals surface area contributed by atoms with Crippen molar-refractivity contribution in [1.29, 1.82) is 0 Å². The maximum Gasteiger partial charge on any atom is 0.125 e. The van der Waals surface area contributed by atoms with E-state index in [0.717, 1.165) is 42.7 Å². The van der Waals surface area contributed by atoms with E-state index in [1.54, 1.807) is 0 Å². The van der Waals surface area contributed by atoms with E-state index in [4.69, 9.17) is 9.47 Å². The molecule has 2 aliphatic heterocycles. The molecule has 2 aliphatic rings. The molecule has 1 fully saturated rings. The molecular weight excluding hydrogens is 296 g/mol. The first-order valence-corrected chi connectivity index (χ1v) is 7.14. The van der Waals surface area contributed by atoms with E-state index in [0.29, 0.717) is 6.61 Å². The summed E-state index contributed by atoms with van der Waals surface area (Å²) in [5.74, 6) is 1.03. The van der Waals surface area contributed by atoms with E-state index >= 15 is 0 Å². The van der Waals surface area contributed by atoms with Gasteiger partial charge in [0.15, 0.2) is 0 Å². The molecule has 0 bridgehead atoms. The van der Waals surface area contributed by atoms with Gasteiger partial charge in [-0.3, -0.25) is 0 Å². The summed E-state index contributed by atoms with van der Waals surface area (Å²) in [6, 6.07) is 4.24. The van der Waals surface area contributed by atoms with Crippen LogP contribution in [0.15, 0.2) is 16.6 Å². The van der Waals surface area contributed by atoms with Crippen LogP contribution in [-0.2, 0) is 17.6 Å². The zero-order chi connectivity index (χ0) is 12.6. The van der Waals surface area contributed by atoms with Crippen molar-refractivity contribution in [2.75, 3.05) is 26.4 Å². The molecule has 2 heterocycles. The Balaban J connectivity index is 1.92. The molecular formula is C14H17BrO3. The van der Waals surface area contributed by atoms with Crippen LogP contribution in [0.25, 0.3) is 0 Å². The van der Waals surface area contributed by atoms with Crippen molar-refractivity contribution in [2.24, 2.45) is 5.41 Å². The maximum absolute atomic E-state index is 9.66. The van der Waals surface area contributed by atoms with Crippen molar-refractivity contribution in [3.05, 3.63) is 27.7 Å². The lowest BCUT2D eigenvalue weighted by Gasteiger charge is -2.25. The Hall–Kier alpha value is -0.580. The predicted octanol–water partition coefficient (Wildman–Crippen LogP) is 2.33. The molecule has 0 aromatic heterocycles. The van der Waals surface area contributed by atoms with Crippen LogP contribution >= 0.6 is 15.9 Å². The second kappa shape index (κ2) is 4.83.